The van der Waals surface area contributed by atoms with Crippen LogP contribution in [0, 0.1) is 0 Å². The maximum atomic E-state index is 12.1. The number of hydrogen-bond acceptors (Lipinski definition) is 10. The van der Waals surface area contributed by atoms with Crippen molar-refractivity contribution < 1.29 is 19.1 Å². The van der Waals surface area contributed by atoms with Crippen LogP contribution in [0.3, 0.4) is 0 Å². The van der Waals surface area contributed by atoms with E-state index in [0.29, 0.717) is 30.0 Å². The van der Waals surface area contributed by atoms with Gasteiger partial charge in [-0.2, -0.15) is 15.3 Å². The largest absolute Gasteiger partial charge is 0.463 e. The molecule has 0 atom stereocenters. The van der Waals surface area contributed by atoms with Crippen molar-refractivity contribution in [2.45, 2.75) is 33.1 Å². The van der Waals surface area contributed by atoms with Crippen LogP contribution in [0.15, 0.2) is 142 Å². The molecular formula is C40H40N6O4. The number of unbranched alkanes of at least 4 members (excludes halogenated alkanes) is 1. The number of azo groups is 2. The highest BCUT2D eigenvalue weighted by Crippen LogP contribution is 2.35. The van der Waals surface area contributed by atoms with E-state index in [9.17, 15) is 9.59 Å². The Morgan fingerprint density at radius 1 is 0.720 bits per heavy atom. The summed E-state index contributed by atoms with van der Waals surface area (Å²) < 4.78 is 10.3. The summed E-state index contributed by atoms with van der Waals surface area (Å²) in [6.07, 6.45) is 2.45. The Morgan fingerprint density at radius 3 is 1.96 bits per heavy atom. The SMILES string of the molecule is C=CC(=O)OCCCCC(=O)Oc1ccc(N=Nc2ccc(Nc3ccc(N=Nc4ccc(N(CC)CC)cc4)c4ccccc34)cc2)cc1. The lowest BCUT2D eigenvalue weighted by Gasteiger charge is -2.20. The summed E-state index contributed by atoms with van der Waals surface area (Å²) in [7, 11) is 0. The number of rotatable bonds is 16. The standard InChI is InChI=1S/C40H40N6O4/c1-4-39(47)49-28-10-9-13-40(48)50-34-24-20-32(21-25-34)43-42-30-16-14-29(15-17-30)41-37-26-27-38(36-12-8-7-11-35(36)37)45-44-31-18-22-33(23-19-31)46(5-2)6-3/h4,7-8,11-12,14-27,41H,1,5-6,9-10,13,28H2,2-3H3. The van der Waals surface area contributed by atoms with Gasteiger partial charge in [0.15, 0.2) is 0 Å². The Kier molecular flexibility index (Phi) is 12.5. The predicted octanol–water partition coefficient (Wildman–Crippen LogP) is 11.1. The van der Waals surface area contributed by atoms with Gasteiger partial charge in [-0.1, -0.05) is 30.8 Å². The van der Waals surface area contributed by atoms with Crippen molar-refractivity contribution in [1.82, 2.24) is 0 Å². The highest BCUT2D eigenvalue weighted by atomic mass is 16.5. The van der Waals surface area contributed by atoms with Gasteiger partial charge < -0.3 is 19.7 Å². The van der Waals surface area contributed by atoms with E-state index in [2.05, 4.69) is 69.3 Å². The Bertz CT molecular complexity index is 1950. The first kappa shape index (κ1) is 35.2. The smallest absolute Gasteiger partial charge is 0.330 e. The molecular weight excluding hydrogens is 628 g/mol. The average Bonchev–Trinajstić information content (AvgIpc) is 3.15. The molecule has 0 aliphatic heterocycles. The van der Waals surface area contributed by atoms with Gasteiger partial charge in [-0.05, 0) is 112 Å². The second-order valence-electron chi connectivity index (χ2n) is 11.2. The molecule has 1 N–H and O–H groups in total. The number of nitrogens with zero attached hydrogens (tertiary/aromatic N) is 5. The van der Waals surface area contributed by atoms with Crippen LogP contribution in [-0.4, -0.2) is 31.6 Å². The summed E-state index contributed by atoms with van der Waals surface area (Å²) in [5, 5.41) is 23.3. The summed E-state index contributed by atoms with van der Waals surface area (Å²) in [5.41, 5.74) is 5.94. The zero-order chi connectivity index (χ0) is 35.1. The van der Waals surface area contributed by atoms with Crippen LogP contribution in [0.5, 0.6) is 5.75 Å². The molecule has 0 fully saturated rings. The zero-order valence-electron chi connectivity index (χ0n) is 28.3. The maximum Gasteiger partial charge on any atom is 0.330 e. The molecule has 0 unspecified atom stereocenters. The molecule has 0 heterocycles. The van der Waals surface area contributed by atoms with E-state index in [0.717, 1.165) is 52.7 Å². The number of ether oxygens (including phenoxy) is 2. The van der Waals surface area contributed by atoms with Gasteiger partial charge in [0.2, 0.25) is 0 Å². The van der Waals surface area contributed by atoms with Crippen molar-refractivity contribution >= 4 is 62.5 Å². The monoisotopic (exact) mass is 668 g/mol. The van der Waals surface area contributed by atoms with Gasteiger partial charge in [0.1, 0.15) is 5.75 Å². The van der Waals surface area contributed by atoms with Crippen LogP contribution in [0.25, 0.3) is 10.8 Å². The van der Waals surface area contributed by atoms with E-state index in [1.165, 1.54) is 5.69 Å². The summed E-state index contributed by atoms with van der Waals surface area (Å²) in [5.74, 6) is -0.407. The summed E-state index contributed by atoms with van der Waals surface area (Å²) in [6.45, 7) is 9.80. The quantitative estimate of drug-likeness (QED) is 0.0367. The fourth-order valence-corrected chi connectivity index (χ4v) is 5.16. The highest BCUT2D eigenvalue weighted by molar-refractivity contribution is 6.01. The van der Waals surface area contributed by atoms with Crippen LogP contribution in [0.2, 0.25) is 0 Å². The number of fused-ring (bicyclic) bond motifs is 1. The number of anilines is 3. The average molecular weight is 669 g/mol. The van der Waals surface area contributed by atoms with Gasteiger partial charge in [-0.25, -0.2) is 4.79 Å². The van der Waals surface area contributed by atoms with Crippen LogP contribution in [0.4, 0.5) is 39.8 Å². The minimum absolute atomic E-state index is 0.221. The number of benzene rings is 5. The lowest BCUT2D eigenvalue weighted by molar-refractivity contribution is -0.137. The van der Waals surface area contributed by atoms with E-state index < -0.39 is 5.97 Å². The summed E-state index contributed by atoms with van der Waals surface area (Å²) >= 11 is 0. The Morgan fingerprint density at radius 2 is 1.32 bits per heavy atom. The number of carbonyl (C=O) groups excluding carboxylic acids is 2. The fraction of sp³-hybridized carbons (Fsp3) is 0.200. The number of carbonyl (C=O) groups is 2. The molecule has 254 valence electrons. The first-order valence-corrected chi connectivity index (χ1v) is 16.6. The van der Waals surface area contributed by atoms with E-state index in [-0.39, 0.29) is 19.0 Å². The molecule has 5 rings (SSSR count). The second-order valence-corrected chi connectivity index (χ2v) is 11.2. The molecule has 0 amide bonds. The molecule has 10 nitrogen and oxygen atoms in total. The number of nitrogens with one attached hydrogen (secondary N) is 1. The normalized spacial score (nSPS) is 11.2. The molecule has 0 saturated heterocycles. The summed E-state index contributed by atoms with van der Waals surface area (Å²) in [4.78, 5) is 25.4. The second kappa shape index (κ2) is 17.8. The molecule has 0 aliphatic carbocycles. The minimum atomic E-state index is -0.473. The van der Waals surface area contributed by atoms with Gasteiger partial charge in [0.05, 0.1) is 29.4 Å². The van der Waals surface area contributed by atoms with Crippen LogP contribution in [0.1, 0.15) is 33.1 Å². The predicted molar refractivity (Wildman–Crippen MR) is 199 cm³/mol. The molecule has 0 radical (unpaired) electrons. The Balaban J connectivity index is 1.15. The van der Waals surface area contributed by atoms with Gasteiger partial charge in [-0.15, -0.1) is 5.11 Å². The van der Waals surface area contributed by atoms with Gasteiger partial charge in [0.25, 0.3) is 0 Å². The van der Waals surface area contributed by atoms with Crippen molar-refractivity contribution in [1.29, 1.82) is 0 Å². The fourth-order valence-electron chi connectivity index (χ4n) is 5.16. The molecule has 10 heteroatoms. The van der Waals surface area contributed by atoms with Crippen molar-refractivity contribution in [3.8, 4) is 5.75 Å². The van der Waals surface area contributed by atoms with Crippen molar-refractivity contribution in [3.05, 3.63) is 122 Å². The molecule has 0 bridgehead atoms. The molecule has 50 heavy (non-hydrogen) atoms. The van der Waals surface area contributed by atoms with Crippen molar-refractivity contribution in [2.24, 2.45) is 20.5 Å². The third-order valence-corrected chi connectivity index (χ3v) is 7.83. The van der Waals surface area contributed by atoms with E-state index >= 15 is 0 Å². The van der Waals surface area contributed by atoms with Crippen molar-refractivity contribution in [3.63, 3.8) is 0 Å². The molecule has 0 aromatic heterocycles. The zero-order valence-corrected chi connectivity index (χ0v) is 28.3. The first-order valence-electron chi connectivity index (χ1n) is 16.6. The number of esters is 2. The Labute approximate surface area is 292 Å². The van der Waals surface area contributed by atoms with Crippen LogP contribution >= 0.6 is 0 Å². The molecule has 0 spiro atoms. The van der Waals surface area contributed by atoms with Crippen molar-refractivity contribution in [2.75, 3.05) is 29.9 Å². The molecule has 0 aliphatic rings. The van der Waals surface area contributed by atoms with E-state index in [4.69, 9.17) is 9.47 Å². The van der Waals surface area contributed by atoms with Gasteiger partial charge >= 0.3 is 11.9 Å². The lowest BCUT2D eigenvalue weighted by atomic mass is 10.1. The number of hydrogen-bond donors (Lipinski definition) is 1. The third-order valence-electron chi connectivity index (χ3n) is 7.83. The maximum absolute atomic E-state index is 12.1. The van der Waals surface area contributed by atoms with Gasteiger partial charge in [-0.3, -0.25) is 4.79 Å². The minimum Gasteiger partial charge on any atom is -0.463 e. The first-order chi connectivity index (χ1) is 24.4. The van der Waals surface area contributed by atoms with Gasteiger partial charge in [0, 0.05) is 53.4 Å². The lowest BCUT2D eigenvalue weighted by Crippen LogP contribution is -2.21. The highest BCUT2D eigenvalue weighted by Gasteiger charge is 2.08. The Hall–Kier alpha value is -6.16. The molecule has 0 saturated carbocycles. The van der Waals surface area contributed by atoms with E-state index in [1.807, 2.05) is 66.7 Å². The topological polar surface area (TPSA) is 117 Å². The molecule has 5 aromatic carbocycles. The van der Waals surface area contributed by atoms with Crippen LogP contribution < -0.4 is 15.0 Å². The third kappa shape index (κ3) is 9.93. The molecule has 5 aromatic rings. The van der Waals surface area contributed by atoms with E-state index in [1.54, 1.807) is 24.3 Å². The summed E-state index contributed by atoms with van der Waals surface area (Å²) in [6, 6.07) is 34.7. The van der Waals surface area contributed by atoms with Crippen LogP contribution in [-0.2, 0) is 14.3 Å².